The summed E-state index contributed by atoms with van der Waals surface area (Å²) < 4.78 is 11.4. The largest absolute Gasteiger partial charge is 0.459 e. The van der Waals surface area contributed by atoms with Gasteiger partial charge in [-0.05, 0) is 61.2 Å². The number of hydrogen-bond acceptors (Lipinski definition) is 4. The van der Waals surface area contributed by atoms with Crippen LogP contribution in [0.1, 0.15) is 80.1 Å². The molecular formula is C24H40O4. The van der Waals surface area contributed by atoms with Crippen LogP contribution in [0.25, 0.3) is 0 Å². The van der Waals surface area contributed by atoms with Gasteiger partial charge in [-0.3, -0.25) is 0 Å². The maximum absolute atomic E-state index is 12.3. The molecule has 0 saturated heterocycles. The quantitative estimate of drug-likeness (QED) is 0.439. The monoisotopic (exact) mass is 392 g/mol. The van der Waals surface area contributed by atoms with E-state index in [0.29, 0.717) is 35.5 Å². The van der Waals surface area contributed by atoms with Gasteiger partial charge in [-0.15, -0.1) is 0 Å². The Balaban J connectivity index is 1.89. The van der Waals surface area contributed by atoms with Gasteiger partial charge in [0.25, 0.3) is 0 Å². The van der Waals surface area contributed by atoms with Crippen molar-refractivity contribution in [3.8, 4) is 0 Å². The van der Waals surface area contributed by atoms with Crippen LogP contribution in [0, 0.1) is 35.5 Å². The van der Waals surface area contributed by atoms with Gasteiger partial charge in [-0.1, -0.05) is 54.4 Å². The Labute approximate surface area is 171 Å². The van der Waals surface area contributed by atoms with Gasteiger partial charge in [0.2, 0.25) is 0 Å². The van der Waals surface area contributed by atoms with Crippen molar-refractivity contribution in [2.24, 2.45) is 35.5 Å². The summed E-state index contributed by atoms with van der Waals surface area (Å²) in [7, 11) is 0. The fourth-order valence-corrected chi connectivity index (χ4v) is 5.01. The van der Waals surface area contributed by atoms with E-state index in [1.807, 2.05) is 0 Å². The summed E-state index contributed by atoms with van der Waals surface area (Å²) >= 11 is 0. The lowest BCUT2D eigenvalue weighted by atomic mass is 9.75. The normalized spacial score (nSPS) is 34.0. The van der Waals surface area contributed by atoms with Crippen molar-refractivity contribution >= 4 is 11.9 Å². The Hall–Kier alpha value is -1.32. The lowest BCUT2D eigenvalue weighted by Crippen LogP contribution is -2.36. The van der Waals surface area contributed by atoms with Crippen molar-refractivity contribution in [3.63, 3.8) is 0 Å². The molecule has 160 valence electrons. The van der Waals surface area contributed by atoms with Crippen LogP contribution in [-0.2, 0) is 19.1 Å². The van der Waals surface area contributed by atoms with Gasteiger partial charge in [-0.2, -0.15) is 0 Å². The Morgan fingerprint density at radius 1 is 0.714 bits per heavy atom. The molecule has 0 heterocycles. The number of ether oxygens (including phenoxy) is 2. The molecule has 0 aromatic heterocycles. The molecule has 0 radical (unpaired) electrons. The molecule has 2 unspecified atom stereocenters. The molecule has 6 atom stereocenters. The molecule has 28 heavy (non-hydrogen) atoms. The van der Waals surface area contributed by atoms with Crippen LogP contribution in [0.5, 0.6) is 0 Å². The molecule has 2 aliphatic rings. The predicted octanol–water partition coefficient (Wildman–Crippen LogP) is 5.55. The van der Waals surface area contributed by atoms with Gasteiger partial charge in [0.1, 0.15) is 12.2 Å². The number of hydrogen-bond donors (Lipinski definition) is 0. The second-order valence-electron chi connectivity index (χ2n) is 9.94. The van der Waals surface area contributed by atoms with E-state index in [1.165, 1.54) is 25.0 Å². The van der Waals surface area contributed by atoms with E-state index >= 15 is 0 Å². The van der Waals surface area contributed by atoms with E-state index < -0.39 is 11.9 Å². The van der Waals surface area contributed by atoms with Gasteiger partial charge in [-0.25, -0.2) is 9.59 Å². The Morgan fingerprint density at radius 3 is 1.39 bits per heavy atom. The summed E-state index contributed by atoms with van der Waals surface area (Å²) in [6, 6.07) is 0. The Bertz CT molecular complexity index is 503. The third kappa shape index (κ3) is 6.63. The molecule has 2 aliphatic carbocycles. The highest BCUT2D eigenvalue weighted by Gasteiger charge is 2.34. The molecule has 0 aromatic rings. The van der Waals surface area contributed by atoms with E-state index in [9.17, 15) is 9.59 Å². The maximum Gasteiger partial charge on any atom is 0.331 e. The van der Waals surface area contributed by atoms with Crippen molar-refractivity contribution < 1.29 is 19.1 Å². The summed E-state index contributed by atoms with van der Waals surface area (Å²) in [5, 5.41) is 0. The third-order valence-corrected chi connectivity index (χ3v) is 6.81. The highest BCUT2D eigenvalue weighted by atomic mass is 16.5. The first-order valence-corrected chi connectivity index (χ1v) is 11.3. The zero-order valence-corrected chi connectivity index (χ0v) is 18.6. The molecule has 2 fully saturated rings. The van der Waals surface area contributed by atoms with Gasteiger partial charge in [0.05, 0.1) is 0 Å². The first kappa shape index (κ1) is 23.0. The smallest absolute Gasteiger partial charge is 0.331 e. The van der Waals surface area contributed by atoms with Crippen molar-refractivity contribution in [2.45, 2.75) is 92.3 Å². The molecule has 0 amide bonds. The number of esters is 2. The molecule has 0 aromatic carbocycles. The molecule has 0 bridgehead atoms. The number of carbonyl (C=O) groups is 2. The second kappa shape index (κ2) is 10.5. The summed E-state index contributed by atoms with van der Waals surface area (Å²) in [5.41, 5.74) is 0. The first-order valence-electron chi connectivity index (χ1n) is 11.3. The summed E-state index contributed by atoms with van der Waals surface area (Å²) in [6.07, 6.45) is 8.77. The number of rotatable bonds is 6. The topological polar surface area (TPSA) is 52.6 Å². The Morgan fingerprint density at radius 2 is 1.07 bits per heavy atom. The average molecular weight is 393 g/mol. The van der Waals surface area contributed by atoms with Crippen LogP contribution in [0.3, 0.4) is 0 Å². The summed E-state index contributed by atoms with van der Waals surface area (Å²) in [4.78, 5) is 24.6. The van der Waals surface area contributed by atoms with Crippen LogP contribution in [-0.4, -0.2) is 24.1 Å². The maximum atomic E-state index is 12.3. The SMILES string of the molecule is CC1CC[C@@H](C(C)C)[C@H](OC(=O)/C=C/C(=O)OC2C[C@H](C)CC[C@H]2C(C)C)C1. The summed E-state index contributed by atoms with van der Waals surface area (Å²) in [5.74, 6) is 2.05. The predicted molar refractivity (Wildman–Crippen MR) is 112 cm³/mol. The lowest BCUT2D eigenvalue weighted by Gasteiger charge is -2.36. The van der Waals surface area contributed by atoms with Crippen LogP contribution >= 0.6 is 0 Å². The van der Waals surface area contributed by atoms with Crippen molar-refractivity contribution in [3.05, 3.63) is 12.2 Å². The highest BCUT2D eigenvalue weighted by Crippen LogP contribution is 2.36. The van der Waals surface area contributed by atoms with Gasteiger partial charge < -0.3 is 9.47 Å². The zero-order chi connectivity index (χ0) is 20.8. The second-order valence-corrected chi connectivity index (χ2v) is 9.94. The first-order chi connectivity index (χ1) is 13.2. The molecule has 0 N–H and O–H groups in total. The van der Waals surface area contributed by atoms with Crippen LogP contribution in [0.15, 0.2) is 12.2 Å². The molecule has 2 rings (SSSR count). The van der Waals surface area contributed by atoms with Crippen molar-refractivity contribution in [1.82, 2.24) is 0 Å². The molecule has 4 heteroatoms. The molecular weight excluding hydrogens is 352 g/mol. The minimum Gasteiger partial charge on any atom is -0.459 e. The molecule has 2 saturated carbocycles. The standard InChI is InChI=1S/C24H40O4/c1-15(2)19-9-7-17(5)13-21(19)27-23(25)11-12-24(26)28-22-14-18(6)8-10-20(22)16(3)4/h11-12,15-22H,7-10,13-14H2,1-6H3/b12-11+/t17-,18?,19+,20+,21?,22-/m1/s1. The van der Waals surface area contributed by atoms with Gasteiger partial charge in [0.15, 0.2) is 0 Å². The number of carbonyl (C=O) groups excluding carboxylic acids is 2. The van der Waals surface area contributed by atoms with E-state index in [1.54, 1.807) is 0 Å². The fraction of sp³-hybridized carbons (Fsp3) is 0.833. The van der Waals surface area contributed by atoms with Crippen LogP contribution in [0.4, 0.5) is 0 Å². The minimum absolute atomic E-state index is 0.0542. The molecule has 0 aliphatic heterocycles. The van der Waals surface area contributed by atoms with Crippen molar-refractivity contribution in [2.75, 3.05) is 0 Å². The van der Waals surface area contributed by atoms with Crippen LogP contribution in [0.2, 0.25) is 0 Å². The zero-order valence-electron chi connectivity index (χ0n) is 18.6. The average Bonchev–Trinajstić information content (AvgIpc) is 2.59. The lowest BCUT2D eigenvalue weighted by molar-refractivity contribution is -0.152. The third-order valence-electron chi connectivity index (χ3n) is 6.81. The van der Waals surface area contributed by atoms with Gasteiger partial charge >= 0.3 is 11.9 Å². The van der Waals surface area contributed by atoms with E-state index in [0.717, 1.165) is 25.7 Å². The summed E-state index contributed by atoms with van der Waals surface area (Å²) in [6.45, 7) is 13.2. The molecule has 4 nitrogen and oxygen atoms in total. The van der Waals surface area contributed by atoms with E-state index in [2.05, 4.69) is 41.5 Å². The highest BCUT2D eigenvalue weighted by molar-refractivity contribution is 5.91. The van der Waals surface area contributed by atoms with Gasteiger partial charge in [0, 0.05) is 12.2 Å². The Kier molecular flexibility index (Phi) is 8.57. The molecule has 0 spiro atoms. The van der Waals surface area contributed by atoms with E-state index in [4.69, 9.17) is 9.47 Å². The minimum atomic E-state index is -0.431. The van der Waals surface area contributed by atoms with E-state index in [-0.39, 0.29) is 12.2 Å². The van der Waals surface area contributed by atoms with Crippen LogP contribution < -0.4 is 0 Å². The fourth-order valence-electron chi connectivity index (χ4n) is 5.01. The van der Waals surface area contributed by atoms with Crippen molar-refractivity contribution in [1.29, 1.82) is 0 Å².